The highest BCUT2D eigenvalue weighted by molar-refractivity contribution is 7.90. The number of aromatic nitrogens is 4. The zero-order valence-electron chi connectivity index (χ0n) is 19.9. The van der Waals surface area contributed by atoms with Gasteiger partial charge in [0.15, 0.2) is 21.5 Å². The Morgan fingerprint density at radius 2 is 1.76 bits per heavy atom. The molecule has 0 spiro atoms. The predicted molar refractivity (Wildman–Crippen MR) is 131 cm³/mol. The Balaban J connectivity index is 1.35. The van der Waals surface area contributed by atoms with Crippen LogP contribution in [0.15, 0.2) is 35.7 Å². The number of fused-ring (bicyclic) bond motifs is 2. The van der Waals surface area contributed by atoms with Crippen LogP contribution in [0.25, 0.3) is 0 Å². The molecule has 2 aliphatic heterocycles. The molecule has 10 nitrogen and oxygen atoms in total. The van der Waals surface area contributed by atoms with E-state index in [9.17, 15) is 12.8 Å². The Labute approximate surface area is 216 Å². The molecule has 0 saturated carbocycles. The van der Waals surface area contributed by atoms with Gasteiger partial charge in [0.2, 0.25) is 11.8 Å². The number of benzene rings is 1. The van der Waals surface area contributed by atoms with Gasteiger partial charge in [-0.2, -0.15) is 9.37 Å². The van der Waals surface area contributed by atoms with Crippen LogP contribution < -0.4 is 15.0 Å². The molecule has 0 radical (unpaired) electrons. The molecule has 14 heteroatoms. The lowest BCUT2D eigenvalue weighted by molar-refractivity contribution is -0.0780. The van der Waals surface area contributed by atoms with E-state index in [0.29, 0.717) is 37.3 Å². The maximum Gasteiger partial charge on any atom is 0.256 e. The predicted octanol–water partition coefficient (Wildman–Crippen LogP) is 3.18. The van der Waals surface area contributed by atoms with Crippen molar-refractivity contribution in [2.45, 2.75) is 17.9 Å². The molecular formula is C23H23ClF2N6O4S. The first-order valence-electron chi connectivity index (χ1n) is 11.4. The van der Waals surface area contributed by atoms with E-state index in [4.69, 9.17) is 21.1 Å². The van der Waals surface area contributed by atoms with Crippen LogP contribution in [0.1, 0.15) is 5.56 Å². The summed E-state index contributed by atoms with van der Waals surface area (Å²) in [5.41, 5.74) is -0.210. The van der Waals surface area contributed by atoms with E-state index >= 15 is 4.39 Å². The molecule has 2 aliphatic rings. The molecular weight excluding hydrogens is 530 g/mol. The molecule has 0 amide bonds. The smallest absolute Gasteiger partial charge is 0.256 e. The summed E-state index contributed by atoms with van der Waals surface area (Å²) in [7, 11) is -3.62. The van der Waals surface area contributed by atoms with Crippen LogP contribution >= 0.6 is 11.6 Å². The topological polar surface area (TPSA) is 119 Å². The Hall–Kier alpha value is -3.16. The van der Waals surface area contributed by atoms with Crippen molar-refractivity contribution in [3.63, 3.8) is 0 Å². The minimum absolute atomic E-state index is 0.0808. The average Bonchev–Trinajstić information content (AvgIpc) is 2.84. The minimum atomic E-state index is -3.62. The molecule has 2 unspecified atom stereocenters. The van der Waals surface area contributed by atoms with Gasteiger partial charge in [0.1, 0.15) is 12.4 Å². The first kappa shape index (κ1) is 25.5. The van der Waals surface area contributed by atoms with Gasteiger partial charge in [0.25, 0.3) is 5.88 Å². The van der Waals surface area contributed by atoms with Gasteiger partial charge in [-0.15, -0.1) is 0 Å². The highest BCUT2D eigenvalue weighted by Gasteiger charge is 2.43. The van der Waals surface area contributed by atoms with E-state index in [1.54, 1.807) is 0 Å². The molecule has 2 atom stereocenters. The van der Waals surface area contributed by atoms with Gasteiger partial charge in [-0.25, -0.2) is 27.8 Å². The number of hydrogen-bond acceptors (Lipinski definition) is 10. The molecule has 2 bridgehead atoms. The molecule has 1 aromatic carbocycles. The van der Waals surface area contributed by atoms with Gasteiger partial charge in [-0.1, -0.05) is 11.6 Å². The largest absolute Gasteiger partial charge is 0.471 e. The second-order valence-corrected chi connectivity index (χ2v) is 11.5. The summed E-state index contributed by atoms with van der Waals surface area (Å²) in [6.07, 6.45) is 4.77. The maximum atomic E-state index is 15.4. The molecule has 196 valence electrons. The molecule has 5 rings (SSSR count). The van der Waals surface area contributed by atoms with E-state index in [-0.39, 0.29) is 45.8 Å². The molecule has 2 aromatic heterocycles. The van der Waals surface area contributed by atoms with Crippen molar-refractivity contribution in [1.82, 2.24) is 19.9 Å². The summed E-state index contributed by atoms with van der Waals surface area (Å²) in [5.74, 6) is -1.98. The third-order valence-electron chi connectivity index (χ3n) is 6.39. The molecule has 2 saturated heterocycles. The Bertz CT molecular complexity index is 1420. The van der Waals surface area contributed by atoms with Crippen LogP contribution in [0.2, 0.25) is 5.02 Å². The molecule has 2 fully saturated rings. The van der Waals surface area contributed by atoms with E-state index in [2.05, 4.69) is 25.3 Å². The molecule has 0 aliphatic carbocycles. The second kappa shape index (κ2) is 9.95. The van der Waals surface area contributed by atoms with Gasteiger partial charge in [0.05, 0.1) is 41.2 Å². The first-order chi connectivity index (χ1) is 17.6. The van der Waals surface area contributed by atoms with Gasteiger partial charge >= 0.3 is 0 Å². The van der Waals surface area contributed by atoms with Crippen molar-refractivity contribution < 1.29 is 26.7 Å². The zero-order valence-corrected chi connectivity index (χ0v) is 21.4. The van der Waals surface area contributed by atoms with E-state index < -0.39 is 21.5 Å². The van der Waals surface area contributed by atoms with Crippen molar-refractivity contribution in [3.05, 3.63) is 53.1 Å². The molecule has 4 heterocycles. The summed E-state index contributed by atoms with van der Waals surface area (Å²) in [5, 5.41) is 3.03. The van der Waals surface area contributed by atoms with Gasteiger partial charge < -0.3 is 19.7 Å². The summed E-state index contributed by atoms with van der Waals surface area (Å²) < 4.78 is 65.7. The Morgan fingerprint density at radius 1 is 1.08 bits per heavy atom. The number of hydrogen-bond donors (Lipinski definition) is 1. The quantitative estimate of drug-likeness (QED) is 0.488. The minimum Gasteiger partial charge on any atom is -0.471 e. The lowest BCUT2D eigenvalue weighted by Crippen LogP contribution is -2.58. The van der Waals surface area contributed by atoms with E-state index in [1.807, 2.05) is 4.90 Å². The van der Waals surface area contributed by atoms with Crippen LogP contribution in [0.5, 0.6) is 5.88 Å². The first-order valence-corrected chi connectivity index (χ1v) is 13.6. The van der Waals surface area contributed by atoms with Crippen molar-refractivity contribution in [2.24, 2.45) is 11.8 Å². The SMILES string of the molecule is Cc1c(S(C)(=O)=O)ccc(Nc2ncnc(OC3C4COCC3CN(c3ncc(Cl)cn3)C4)c2F)c1F. The summed E-state index contributed by atoms with van der Waals surface area (Å²) in [6, 6.07) is 2.48. The average molecular weight is 553 g/mol. The number of ether oxygens (including phenoxy) is 2. The van der Waals surface area contributed by atoms with Crippen molar-refractivity contribution in [2.75, 3.05) is 42.8 Å². The standard InChI is InChI=1S/C23H23ClF2N6O4S/c1-12-17(37(2,33)34)4-3-16(18(12)25)31-21-19(26)22(30-11-29-21)36-20-13-7-32(8-14(20)10-35-9-13)23-27-5-15(24)6-28-23/h3-6,11,13-14,20H,7-10H2,1-2H3,(H,29,30,31). The fourth-order valence-electron chi connectivity index (χ4n) is 4.67. The lowest BCUT2D eigenvalue weighted by Gasteiger charge is -2.46. The number of anilines is 3. The maximum absolute atomic E-state index is 15.4. The monoisotopic (exact) mass is 552 g/mol. The highest BCUT2D eigenvalue weighted by atomic mass is 35.5. The van der Waals surface area contributed by atoms with E-state index in [1.165, 1.54) is 31.5 Å². The van der Waals surface area contributed by atoms with Crippen LogP contribution in [-0.2, 0) is 14.6 Å². The van der Waals surface area contributed by atoms with Crippen LogP contribution in [-0.4, -0.2) is 67.0 Å². The van der Waals surface area contributed by atoms with Crippen molar-refractivity contribution in [1.29, 1.82) is 0 Å². The normalized spacial score (nSPS) is 21.5. The molecule has 3 aromatic rings. The van der Waals surface area contributed by atoms with Gasteiger partial charge in [0, 0.05) is 36.7 Å². The second-order valence-electron chi connectivity index (χ2n) is 9.04. The highest BCUT2D eigenvalue weighted by Crippen LogP contribution is 2.34. The summed E-state index contributed by atoms with van der Waals surface area (Å²) in [6.45, 7) is 3.19. The third-order valence-corrected chi connectivity index (χ3v) is 7.82. The fourth-order valence-corrected chi connectivity index (χ4v) is 5.73. The number of nitrogens with one attached hydrogen (secondary N) is 1. The molecule has 37 heavy (non-hydrogen) atoms. The summed E-state index contributed by atoms with van der Waals surface area (Å²) in [4.78, 5) is 18.3. The summed E-state index contributed by atoms with van der Waals surface area (Å²) >= 11 is 5.90. The Morgan fingerprint density at radius 3 is 2.41 bits per heavy atom. The number of rotatable bonds is 6. The van der Waals surface area contributed by atoms with Gasteiger partial charge in [-0.3, -0.25) is 0 Å². The van der Waals surface area contributed by atoms with Crippen molar-refractivity contribution >= 4 is 38.9 Å². The van der Waals surface area contributed by atoms with Crippen LogP contribution in [0.4, 0.5) is 26.2 Å². The zero-order chi connectivity index (χ0) is 26.3. The van der Waals surface area contributed by atoms with E-state index in [0.717, 1.165) is 12.6 Å². The number of halogens is 3. The number of nitrogens with zero attached hydrogens (tertiary/aromatic N) is 5. The number of sulfone groups is 1. The van der Waals surface area contributed by atoms with Crippen molar-refractivity contribution in [3.8, 4) is 5.88 Å². The lowest BCUT2D eigenvalue weighted by atomic mass is 9.84. The number of piperidine rings is 1. The fraction of sp³-hybridized carbons (Fsp3) is 0.391. The molecule has 1 N–H and O–H groups in total. The van der Waals surface area contributed by atoms with Crippen LogP contribution in [0.3, 0.4) is 0 Å². The third kappa shape index (κ3) is 5.15. The van der Waals surface area contributed by atoms with Crippen LogP contribution in [0, 0.1) is 30.4 Å². The van der Waals surface area contributed by atoms with Gasteiger partial charge in [-0.05, 0) is 19.1 Å². The Kier molecular flexibility index (Phi) is 6.86.